The summed E-state index contributed by atoms with van der Waals surface area (Å²) in [4.78, 5) is 40.2. The second-order valence-corrected chi connectivity index (χ2v) is 40.6. The average molecular weight is 2020 g/mol. The molecule has 0 amide bonds. The number of benzene rings is 2. The second-order valence-electron chi connectivity index (χ2n) is 40.6. The van der Waals surface area contributed by atoms with Crippen molar-refractivity contribution < 1.29 is 139 Å². The van der Waals surface area contributed by atoms with Crippen LogP contribution in [-0.4, -0.2) is 339 Å². The van der Waals surface area contributed by atoms with Crippen LogP contribution in [-0.2, 0) is 79.9 Å². The molecule has 4 rings (SSSR count). The predicted molar refractivity (Wildman–Crippen MR) is 561 cm³/mol. The molecule has 0 spiro atoms. The van der Waals surface area contributed by atoms with E-state index in [1.807, 2.05) is 184 Å². The Morgan fingerprint density at radius 3 is 0.851 bits per heavy atom. The lowest BCUT2D eigenvalue weighted by Crippen LogP contribution is -2.43. The second kappa shape index (κ2) is 74.1. The molecular weight excluding hydrogens is 1820 g/mol. The molecule has 0 radical (unpaired) electrons. The summed E-state index contributed by atoms with van der Waals surface area (Å²) in [5, 5.41) is 166. The number of nitrogens with one attached hydrogen (secondary N) is 1. The van der Waals surface area contributed by atoms with Gasteiger partial charge in [0.1, 0.15) is 170 Å². The summed E-state index contributed by atoms with van der Waals surface area (Å²) in [6.07, 6.45) is -6.86. The number of para-hydroxylation sites is 1. The number of aromatic nitrogens is 1. The van der Waals surface area contributed by atoms with Crippen LogP contribution in [0, 0.1) is 53.3 Å². The summed E-state index contributed by atoms with van der Waals surface area (Å²) in [5.41, 5.74) is 7.95. The highest BCUT2D eigenvalue weighted by molar-refractivity contribution is 5.96. The van der Waals surface area contributed by atoms with Crippen LogP contribution in [0.1, 0.15) is 264 Å². The first-order valence-electron chi connectivity index (χ1n) is 49.7. The van der Waals surface area contributed by atoms with Gasteiger partial charge in [0, 0.05) is 66.9 Å². The van der Waals surface area contributed by atoms with E-state index in [-0.39, 0.29) is 59.7 Å². The Morgan fingerprint density at radius 1 is 0.319 bits per heavy atom. The molecule has 2 aromatic carbocycles. The summed E-state index contributed by atoms with van der Waals surface area (Å²) in [7, 11) is 10.9. The maximum atomic E-state index is 10.2. The van der Waals surface area contributed by atoms with E-state index >= 15 is 0 Å². The molecule has 1 unspecified atom stereocenters. The number of allylic oxidation sites excluding steroid dienone is 2. The first-order valence-corrected chi connectivity index (χ1v) is 49.7. The van der Waals surface area contributed by atoms with Crippen LogP contribution in [0.5, 0.6) is 0 Å². The molecule has 1 aliphatic rings. The van der Waals surface area contributed by atoms with Crippen LogP contribution in [0.15, 0.2) is 96.9 Å². The Labute approximate surface area is 845 Å². The normalized spacial score (nSPS) is 17.7. The minimum atomic E-state index is -1.11. The lowest BCUT2D eigenvalue weighted by Gasteiger charge is -2.27. The summed E-state index contributed by atoms with van der Waals surface area (Å²) in [5.74, 6) is 1.53. The van der Waals surface area contributed by atoms with Crippen molar-refractivity contribution in [3.63, 3.8) is 0 Å². The van der Waals surface area contributed by atoms with E-state index in [0.29, 0.717) is 84.9 Å². The van der Waals surface area contributed by atoms with Gasteiger partial charge in [0.25, 0.3) is 0 Å². The SMILES string of the molecule is CCO/N=C(/[C@@H](OC)C(C)C)[C@@H](O)[C@@H](C)O.COC(/C(=N\OCC(C)C)[C@@H](O)[C@@H](C)O)C(C)C.CO[C@H](/C(=N/OC(C)(C)C)[C@@H](O)[C@@H](C)O)C(C)C.CO[C@H](/C(=N/OCC(C)C)[C@@H](O)[C@@H](C)O)C(C)C.CO[C@H](/C(=N/OCCCCC1=CCc2ccccc21)[C@@H](O)[C@@H](C)O)C(C)C.CO[C@H](/C(=N/OCCCc1c[nH]c2ccccc12)[C@@H](O)[C@@H](C)O)C(C)C.CO[C@H](/C(=N\OC(C)(C)C)[C@@H](O)[C@@H](C)O)C(C)C. The van der Waals surface area contributed by atoms with E-state index in [1.54, 1.807) is 56.7 Å². The number of unbranched alkanes of at least 4 members (excludes halogenated alkanes) is 1. The van der Waals surface area contributed by atoms with E-state index in [9.17, 15) is 71.5 Å². The maximum absolute atomic E-state index is 10.2. The van der Waals surface area contributed by atoms with Gasteiger partial charge in [0.15, 0.2) is 0 Å². The van der Waals surface area contributed by atoms with Crippen molar-refractivity contribution in [1.82, 2.24) is 4.98 Å². The van der Waals surface area contributed by atoms with Crippen molar-refractivity contribution in [3.05, 3.63) is 77.5 Å². The number of aliphatic hydroxyl groups excluding tert-OH is 14. The van der Waals surface area contributed by atoms with Crippen LogP contribution >= 0.6 is 0 Å². The van der Waals surface area contributed by atoms with E-state index < -0.39 is 121 Å². The third-order valence-corrected chi connectivity index (χ3v) is 21.2. The minimum absolute atomic E-state index is 0.0990. The van der Waals surface area contributed by atoms with Crippen LogP contribution in [0.25, 0.3) is 16.5 Å². The number of hydrogen-bond donors (Lipinski definition) is 15. The van der Waals surface area contributed by atoms with E-state index in [0.717, 1.165) is 44.0 Å². The van der Waals surface area contributed by atoms with Crippen molar-refractivity contribution in [1.29, 1.82) is 0 Å². The number of fused-ring (bicyclic) bond motifs is 2. The Kier molecular flexibility index (Phi) is 72.7. The number of aryl methyl sites for hydroxylation is 1. The van der Waals surface area contributed by atoms with E-state index in [1.165, 1.54) is 76.1 Å². The molecule has 0 aliphatic heterocycles. The van der Waals surface area contributed by atoms with Crippen molar-refractivity contribution in [2.75, 3.05) is 82.8 Å². The average Bonchev–Trinajstić information content (AvgIpc) is 1.71. The predicted octanol–water partition coefficient (Wildman–Crippen LogP) is 13.3. The number of hydrogen-bond acceptors (Lipinski definition) is 35. The molecule has 0 fully saturated rings. The first-order chi connectivity index (χ1) is 65.7. The number of ether oxygens (including phenoxy) is 7. The summed E-state index contributed by atoms with van der Waals surface area (Å²) in [6, 6.07) is 16.7. The Bertz CT molecular complexity index is 3850. The van der Waals surface area contributed by atoms with Crippen molar-refractivity contribution in [3.8, 4) is 0 Å². The highest BCUT2D eigenvalue weighted by atomic mass is 16.7. The largest absolute Gasteiger partial charge is 0.396 e. The summed E-state index contributed by atoms with van der Waals surface area (Å²) >= 11 is 0. The summed E-state index contributed by atoms with van der Waals surface area (Å²) in [6.45, 7) is 61.2. The third-order valence-electron chi connectivity index (χ3n) is 21.2. The molecule has 1 aliphatic carbocycles. The topological polar surface area (TPSA) is 515 Å². The van der Waals surface area contributed by atoms with Gasteiger partial charge in [-0.1, -0.05) is 209 Å². The van der Waals surface area contributed by atoms with Gasteiger partial charge in [-0.2, -0.15) is 0 Å². The molecule has 36 heteroatoms. The molecule has 0 bridgehead atoms. The minimum Gasteiger partial charge on any atom is -0.396 e. The fourth-order valence-electron chi connectivity index (χ4n) is 13.8. The van der Waals surface area contributed by atoms with Gasteiger partial charge in [-0.15, -0.1) is 0 Å². The lowest BCUT2D eigenvalue weighted by atomic mass is 9.96. The Hall–Kier alpha value is -6.83. The third kappa shape index (κ3) is 55.0. The molecule has 36 nitrogen and oxygen atoms in total. The van der Waals surface area contributed by atoms with Gasteiger partial charge in [0.2, 0.25) is 0 Å². The van der Waals surface area contributed by atoms with Crippen molar-refractivity contribution in [2.24, 2.45) is 89.4 Å². The smallest absolute Gasteiger partial charge is 0.129 e. The molecular formula is C105H194N8O28. The molecule has 1 heterocycles. The zero-order valence-corrected chi connectivity index (χ0v) is 93.0. The maximum Gasteiger partial charge on any atom is 0.129 e. The molecule has 21 atom stereocenters. The zero-order chi connectivity index (χ0) is 109. The highest BCUT2D eigenvalue weighted by Crippen LogP contribution is 2.32. The van der Waals surface area contributed by atoms with Gasteiger partial charge in [-0.3, -0.25) is 0 Å². The first kappa shape index (κ1) is 138. The van der Waals surface area contributed by atoms with Gasteiger partial charge in [0.05, 0.1) is 42.7 Å². The van der Waals surface area contributed by atoms with Crippen LogP contribution in [0.4, 0.5) is 0 Å². The number of nitrogens with zero attached hydrogens (tertiary/aromatic N) is 7. The molecule has 141 heavy (non-hydrogen) atoms. The number of H-pyrrole nitrogens is 1. The Balaban J connectivity index is -0.00000159. The Morgan fingerprint density at radius 2 is 0.582 bits per heavy atom. The molecule has 1 aromatic heterocycles. The van der Waals surface area contributed by atoms with Crippen LogP contribution < -0.4 is 0 Å². The number of oxime groups is 7. The van der Waals surface area contributed by atoms with Gasteiger partial charge < -0.3 is 143 Å². The van der Waals surface area contributed by atoms with Crippen molar-refractivity contribution >= 4 is 56.5 Å². The lowest BCUT2D eigenvalue weighted by molar-refractivity contribution is -0.0107. The fourth-order valence-corrected chi connectivity index (χ4v) is 13.8. The highest BCUT2D eigenvalue weighted by Gasteiger charge is 2.37. The number of rotatable bonds is 56. The number of aromatic amines is 1. The quantitative estimate of drug-likeness (QED) is 0.0142. The van der Waals surface area contributed by atoms with E-state index in [2.05, 4.69) is 83.5 Å². The molecule has 15 N–H and O–H groups in total. The fraction of sp³-hybridized carbons (Fsp3) is 0.781. The van der Waals surface area contributed by atoms with Gasteiger partial charge in [-0.05, 0) is 217 Å². The van der Waals surface area contributed by atoms with Crippen LogP contribution in [0.3, 0.4) is 0 Å². The van der Waals surface area contributed by atoms with Gasteiger partial charge >= 0.3 is 0 Å². The number of aliphatic hydroxyl groups is 14. The molecule has 0 saturated heterocycles. The number of methoxy groups -OCH3 is 7. The summed E-state index contributed by atoms with van der Waals surface area (Å²) < 4.78 is 37.4. The van der Waals surface area contributed by atoms with Crippen molar-refractivity contribution in [2.45, 2.75) is 399 Å². The monoisotopic (exact) mass is 2020 g/mol. The molecule has 0 saturated carbocycles. The van der Waals surface area contributed by atoms with E-state index in [4.69, 9.17) is 67.0 Å². The zero-order valence-electron chi connectivity index (χ0n) is 93.0. The molecule has 3 aromatic rings. The standard InChI is InChI=1S/C22H33NO4.C20H30N2O4.4C13H27NO4.C11H23NO4/c1-15(2)22(26-4)20(21(25)16(3)24)23-27-14-8-7-10-18-13-12-17-9-5-6-11-19(17)18;1-13(2)20(25-4)18(19(24)14(3)23)22-26-11-7-8-15-12-21-17-10-6-5-9-16(15)17;2*1-8(2)12(17-7)10(11(16)9(3)15)14-18-13(4,5)6;2*1-8(2)7-18-14-11(12(16)10(5)15)13(17-6)9(3)4;1-6-16-12-9(10(14)8(4)13)11(15-5)7(2)3/h5-6,9,11,13,15-16,21-22,24-25H,7-8,10,12,14H2,1-4H3;5-6,9-10,12-14,19-21,23-24H,7-8,11H2,1-4H3;2*8-9,11-12,15-16H,1-7H3;2*8-10,12-13,15-16H,7H2,1-6H3;7-8,10-11,13-14H,6H2,1-5H3/b23-20+;22-18+;14-10+;14-10-;14-11+;14-11-;12-9+/t16-,21+,22+;14-,19+,20+;2*9-,11+,12+;10-,12+,13+;10-,12+,13?;8-,10+,11+/m1111111/s1. The molecule has 822 valence electrons. The van der Waals surface area contributed by atoms with Gasteiger partial charge in [-0.25, -0.2) is 0 Å². The van der Waals surface area contributed by atoms with Crippen LogP contribution in [0.2, 0.25) is 0 Å².